The molecule has 0 aliphatic heterocycles. The molecule has 1 N–H and O–H groups in total. The van der Waals surface area contributed by atoms with Crippen molar-refractivity contribution in [3.63, 3.8) is 0 Å². The van der Waals surface area contributed by atoms with Crippen LogP contribution in [0.5, 0.6) is 0 Å². The first-order valence-corrected chi connectivity index (χ1v) is 6.61. The molecule has 0 spiro atoms. The maximum Gasteiger partial charge on any atom is 0.270 e. The molecule has 2 aromatic carbocycles. The number of nitrogens with zero attached hydrogens (tertiary/aromatic N) is 1. The summed E-state index contributed by atoms with van der Waals surface area (Å²) in [5, 5.41) is 11.9. The van der Waals surface area contributed by atoms with Crippen molar-refractivity contribution in [2.45, 2.75) is 12.8 Å². The van der Waals surface area contributed by atoms with Crippen molar-refractivity contribution in [1.29, 1.82) is 0 Å². The molecule has 0 saturated carbocycles. The molecule has 3 aromatic rings. The van der Waals surface area contributed by atoms with Crippen LogP contribution in [0.15, 0.2) is 42.5 Å². The van der Waals surface area contributed by atoms with Crippen molar-refractivity contribution in [2.75, 3.05) is 0 Å². The van der Waals surface area contributed by atoms with E-state index in [0.717, 1.165) is 29.3 Å². The van der Waals surface area contributed by atoms with Gasteiger partial charge < -0.3 is 4.98 Å². The Morgan fingerprint density at radius 2 is 1.95 bits per heavy atom. The Kier molecular flexibility index (Phi) is 2.21. The zero-order valence-corrected chi connectivity index (χ0v) is 10.7. The van der Waals surface area contributed by atoms with Gasteiger partial charge in [0.15, 0.2) is 0 Å². The molecule has 98 valence electrons. The minimum absolute atomic E-state index is 0.141. The van der Waals surface area contributed by atoms with E-state index in [1.54, 1.807) is 18.2 Å². The van der Waals surface area contributed by atoms with Crippen LogP contribution in [0, 0.1) is 10.1 Å². The number of hydrogen-bond acceptors (Lipinski definition) is 2. The lowest BCUT2D eigenvalue weighted by Crippen LogP contribution is -2.02. The molecule has 1 aromatic heterocycles. The predicted molar refractivity (Wildman–Crippen MR) is 77.8 cm³/mol. The van der Waals surface area contributed by atoms with Crippen LogP contribution in [0.2, 0.25) is 0 Å². The molecule has 0 fully saturated rings. The van der Waals surface area contributed by atoms with Crippen LogP contribution in [0.4, 0.5) is 5.69 Å². The number of nitro groups is 1. The first kappa shape index (κ1) is 11.2. The number of nitrogens with one attached hydrogen (secondary N) is 1. The second-order valence-electron chi connectivity index (χ2n) is 5.12. The Hall–Kier alpha value is -2.62. The quantitative estimate of drug-likeness (QED) is 0.536. The largest absolute Gasteiger partial charge is 0.358 e. The van der Waals surface area contributed by atoms with Crippen LogP contribution < -0.4 is 0 Å². The van der Waals surface area contributed by atoms with Gasteiger partial charge in [0.1, 0.15) is 0 Å². The van der Waals surface area contributed by atoms with Crippen LogP contribution in [0.25, 0.3) is 22.0 Å². The average Bonchev–Trinajstić information content (AvgIpc) is 2.85. The topological polar surface area (TPSA) is 58.9 Å². The fourth-order valence-corrected chi connectivity index (χ4v) is 3.09. The number of rotatable bonds is 1. The van der Waals surface area contributed by atoms with E-state index in [2.05, 4.69) is 17.1 Å². The molecule has 4 heteroatoms. The van der Waals surface area contributed by atoms with Gasteiger partial charge in [-0.25, -0.2) is 0 Å². The first-order chi connectivity index (χ1) is 9.74. The second kappa shape index (κ2) is 3.93. The molecule has 1 aliphatic carbocycles. The van der Waals surface area contributed by atoms with Gasteiger partial charge in [-0.15, -0.1) is 0 Å². The van der Waals surface area contributed by atoms with Crippen molar-refractivity contribution < 1.29 is 4.92 Å². The fourth-order valence-electron chi connectivity index (χ4n) is 3.09. The van der Waals surface area contributed by atoms with E-state index < -0.39 is 0 Å². The monoisotopic (exact) mass is 264 g/mol. The van der Waals surface area contributed by atoms with Gasteiger partial charge in [0.05, 0.1) is 4.92 Å². The van der Waals surface area contributed by atoms with E-state index in [1.165, 1.54) is 16.8 Å². The minimum atomic E-state index is -0.340. The molecule has 0 amide bonds. The molecule has 1 heterocycles. The van der Waals surface area contributed by atoms with Crippen molar-refractivity contribution >= 4 is 16.6 Å². The molecule has 4 rings (SSSR count). The SMILES string of the molecule is O=[N+]([O-])c1ccc2[nH]c3c(c2c1)-c1ccccc1CC3. The molecule has 0 saturated heterocycles. The Bertz CT molecular complexity index is 849. The van der Waals surface area contributed by atoms with Crippen molar-refractivity contribution in [1.82, 2.24) is 4.98 Å². The molecule has 0 radical (unpaired) electrons. The Morgan fingerprint density at radius 1 is 1.10 bits per heavy atom. The third-order valence-corrected chi connectivity index (χ3v) is 4.00. The van der Waals surface area contributed by atoms with Crippen LogP contribution >= 0.6 is 0 Å². The summed E-state index contributed by atoms with van der Waals surface area (Å²) in [6, 6.07) is 13.3. The van der Waals surface area contributed by atoms with Crippen LogP contribution in [-0.2, 0) is 12.8 Å². The molecule has 0 unspecified atom stereocenters. The lowest BCUT2D eigenvalue weighted by atomic mass is 9.88. The lowest BCUT2D eigenvalue weighted by Gasteiger charge is -2.16. The number of benzene rings is 2. The fraction of sp³-hybridized carbons (Fsp3) is 0.125. The summed E-state index contributed by atoms with van der Waals surface area (Å²) >= 11 is 0. The highest BCUT2D eigenvalue weighted by molar-refractivity contribution is 6.00. The van der Waals surface area contributed by atoms with E-state index >= 15 is 0 Å². The van der Waals surface area contributed by atoms with Gasteiger partial charge in [-0.2, -0.15) is 0 Å². The molecule has 20 heavy (non-hydrogen) atoms. The number of non-ortho nitro benzene ring substituents is 1. The number of aromatic amines is 1. The smallest absolute Gasteiger partial charge is 0.270 e. The molecule has 0 bridgehead atoms. The maximum atomic E-state index is 11.0. The second-order valence-corrected chi connectivity index (χ2v) is 5.12. The number of hydrogen-bond donors (Lipinski definition) is 1. The minimum Gasteiger partial charge on any atom is -0.358 e. The summed E-state index contributed by atoms with van der Waals surface area (Å²) in [6.07, 6.45) is 1.97. The Morgan fingerprint density at radius 3 is 2.80 bits per heavy atom. The van der Waals surface area contributed by atoms with E-state index in [9.17, 15) is 10.1 Å². The highest BCUT2D eigenvalue weighted by Crippen LogP contribution is 2.39. The standard InChI is InChI=1S/C16H12N2O2/c19-18(20)11-6-8-14-13(9-11)16-12-4-2-1-3-10(12)5-7-15(16)17-14/h1-4,6,8-9,17H,5,7H2. The first-order valence-electron chi connectivity index (χ1n) is 6.61. The highest BCUT2D eigenvalue weighted by atomic mass is 16.6. The Labute approximate surface area is 115 Å². The molecule has 4 nitrogen and oxygen atoms in total. The normalized spacial score (nSPS) is 13.0. The van der Waals surface area contributed by atoms with Crippen molar-refractivity contribution in [3.05, 3.63) is 63.8 Å². The van der Waals surface area contributed by atoms with Crippen molar-refractivity contribution in [3.8, 4) is 11.1 Å². The van der Waals surface area contributed by atoms with Gasteiger partial charge in [-0.1, -0.05) is 24.3 Å². The number of nitro benzene ring substituents is 1. The van der Waals surface area contributed by atoms with Crippen LogP contribution in [-0.4, -0.2) is 9.91 Å². The van der Waals surface area contributed by atoms with Crippen LogP contribution in [0.3, 0.4) is 0 Å². The summed E-state index contributed by atoms with van der Waals surface area (Å²) in [4.78, 5) is 14.0. The third kappa shape index (κ3) is 1.48. The number of aryl methyl sites for hydroxylation is 2. The summed E-state index contributed by atoms with van der Waals surface area (Å²) in [5.74, 6) is 0. The zero-order valence-electron chi connectivity index (χ0n) is 10.7. The molecular formula is C16H12N2O2. The lowest BCUT2D eigenvalue weighted by molar-refractivity contribution is -0.384. The van der Waals surface area contributed by atoms with E-state index in [4.69, 9.17) is 0 Å². The molecular weight excluding hydrogens is 252 g/mol. The molecule has 0 atom stereocenters. The van der Waals surface area contributed by atoms with Crippen LogP contribution in [0.1, 0.15) is 11.3 Å². The van der Waals surface area contributed by atoms with Gasteiger partial charge in [-0.05, 0) is 30.0 Å². The van der Waals surface area contributed by atoms with E-state index in [-0.39, 0.29) is 10.6 Å². The molecule has 1 aliphatic rings. The van der Waals surface area contributed by atoms with Gasteiger partial charge in [0.25, 0.3) is 5.69 Å². The van der Waals surface area contributed by atoms with Gasteiger partial charge in [-0.3, -0.25) is 10.1 Å². The van der Waals surface area contributed by atoms with Gasteiger partial charge in [0, 0.05) is 34.3 Å². The summed E-state index contributed by atoms with van der Waals surface area (Å²) < 4.78 is 0. The average molecular weight is 264 g/mol. The predicted octanol–water partition coefficient (Wildman–Crippen LogP) is 3.84. The zero-order chi connectivity index (χ0) is 13.7. The summed E-state index contributed by atoms with van der Waals surface area (Å²) in [5.41, 5.74) is 5.93. The maximum absolute atomic E-state index is 11.0. The van der Waals surface area contributed by atoms with E-state index in [1.807, 2.05) is 12.1 Å². The number of aromatic nitrogens is 1. The van der Waals surface area contributed by atoms with E-state index in [0.29, 0.717) is 0 Å². The number of fused-ring (bicyclic) bond motifs is 5. The summed E-state index contributed by atoms with van der Waals surface area (Å²) in [7, 11) is 0. The van der Waals surface area contributed by atoms with Gasteiger partial charge in [0.2, 0.25) is 0 Å². The Balaban J connectivity index is 2.07. The van der Waals surface area contributed by atoms with Crippen molar-refractivity contribution in [2.24, 2.45) is 0 Å². The highest BCUT2D eigenvalue weighted by Gasteiger charge is 2.21. The summed E-state index contributed by atoms with van der Waals surface area (Å²) in [6.45, 7) is 0. The number of H-pyrrole nitrogens is 1. The third-order valence-electron chi connectivity index (χ3n) is 4.00. The van der Waals surface area contributed by atoms with Gasteiger partial charge >= 0.3 is 0 Å².